The largest absolute Gasteiger partial charge is 0.382 e. The van der Waals surface area contributed by atoms with Crippen molar-refractivity contribution < 1.29 is 0 Å². The van der Waals surface area contributed by atoms with E-state index in [9.17, 15) is 4.79 Å². The Morgan fingerprint density at radius 2 is 2.09 bits per heavy atom. The van der Waals surface area contributed by atoms with Crippen molar-refractivity contribution in [2.75, 3.05) is 5.32 Å². The number of rotatable bonds is 4. The first-order chi connectivity index (χ1) is 11.2. The molecule has 3 rings (SSSR count). The van der Waals surface area contributed by atoms with Crippen molar-refractivity contribution in [1.82, 2.24) is 4.98 Å². The topological polar surface area (TPSA) is 92.5 Å². The fourth-order valence-electron chi connectivity index (χ4n) is 3.03. The SMILES string of the molecule is N#Cc1cccc(C(=N)c2c(NC3CCCC3)cc[nH]c2=O)c1. The Balaban J connectivity index is 1.99. The van der Waals surface area contributed by atoms with Crippen molar-refractivity contribution in [2.45, 2.75) is 31.7 Å². The monoisotopic (exact) mass is 306 g/mol. The Bertz CT molecular complexity index is 825. The third kappa shape index (κ3) is 3.16. The molecule has 0 radical (unpaired) electrons. The fraction of sp³-hybridized carbons (Fsp3) is 0.278. The third-order valence-electron chi connectivity index (χ3n) is 4.21. The van der Waals surface area contributed by atoms with Gasteiger partial charge in [-0.15, -0.1) is 0 Å². The quantitative estimate of drug-likeness (QED) is 0.758. The zero-order valence-corrected chi connectivity index (χ0v) is 12.7. The summed E-state index contributed by atoms with van der Waals surface area (Å²) in [5.74, 6) is 0. The minimum absolute atomic E-state index is 0.129. The predicted octanol–water partition coefficient (Wildman–Crippen LogP) is 3.02. The van der Waals surface area contributed by atoms with Crippen LogP contribution in [0.25, 0.3) is 0 Å². The van der Waals surface area contributed by atoms with Gasteiger partial charge in [0.1, 0.15) is 0 Å². The number of nitrogens with zero attached hydrogens (tertiary/aromatic N) is 1. The van der Waals surface area contributed by atoms with Gasteiger partial charge < -0.3 is 10.3 Å². The van der Waals surface area contributed by atoms with E-state index in [2.05, 4.69) is 16.4 Å². The van der Waals surface area contributed by atoms with E-state index in [1.165, 1.54) is 12.8 Å². The average Bonchev–Trinajstić information content (AvgIpc) is 3.07. The maximum Gasteiger partial charge on any atom is 0.259 e. The molecule has 116 valence electrons. The molecule has 0 saturated heterocycles. The van der Waals surface area contributed by atoms with E-state index in [0.29, 0.717) is 28.4 Å². The summed E-state index contributed by atoms with van der Waals surface area (Å²) in [6.45, 7) is 0. The molecule has 23 heavy (non-hydrogen) atoms. The molecule has 0 atom stereocenters. The highest BCUT2D eigenvalue weighted by Gasteiger charge is 2.19. The normalized spacial score (nSPS) is 14.4. The molecule has 1 aromatic carbocycles. The number of aromatic nitrogens is 1. The number of H-pyrrole nitrogens is 1. The summed E-state index contributed by atoms with van der Waals surface area (Å²) >= 11 is 0. The van der Waals surface area contributed by atoms with Crippen LogP contribution in [0.1, 0.15) is 42.4 Å². The smallest absolute Gasteiger partial charge is 0.259 e. The number of benzene rings is 1. The lowest BCUT2D eigenvalue weighted by molar-refractivity contribution is 0.754. The number of nitrogens with one attached hydrogen (secondary N) is 3. The molecular formula is C18H18N4O. The van der Waals surface area contributed by atoms with Crippen LogP contribution in [0.5, 0.6) is 0 Å². The minimum atomic E-state index is -0.291. The second-order valence-electron chi connectivity index (χ2n) is 5.79. The molecule has 1 aliphatic carbocycles. The highest BCUT2D eigenvalue weighted by atomic mass is 16.1. The molecule has 0 aliphatic heterocycles. The first-order valence-electron chi connectivity index (χ1n) is 7.76. The number of hydrogen-bond donors (Lipinski definition) is 3. The first-order valence-corrected chi connectivity index (χ1v) is 7.76. The Kier molecular flexibility index (Phi) is 4.24. The van der Waals surface area contributed by atoms with Crippen LogP contribution in [-0.4, -0.2) is 16.7 Å². The molecule has 1 fully saturated rings. The number of hydrogen-bond acceptors (Lipinski definition) is 4. The molecule has 1 aliphatic rings. The van der Waals surface area contributed by atoms with Crippen molar-refractivity contribution in [3.8, 4) is 6.07 Å². The maximum atomic E-state index is 12.3. The lowest BCUT2D eigenvalue weighted by atomic mass is 10.00. The number of aromatic amines is 1. The van der Waals surface area contributed by atoms with Gasteiger partial charge in [0.15, 0.2) is 0 Å². The van der Waals surface area contributed by atoms with E-state index >= 15 is 0 Å². The summed E-state index contributed by atoms with van der Waals surface area (Å²) in [6, 6.07) is 11.0. The molecule has 3 N–H and O–H groups in total. The van der Waals surface area contributed by atoms with Crippen LogP contribution >= 0.6 is 0 Å². The minimum Gasteiger partial charge on any atom is -0.382 e. The van der Waals surface area contributed by atoms with Gasteiger partial charge in [-0.2, -0.15) is 5.26 Å². The Hall–Kier alpha value is -2.87. The highest BCUT2D eigenvalue weighted by Crippen LogP contribution is 2.24. The van der Waals surface area contributed by atoms with Gasteiger partial charge in [-0.05, 0) is 31.0 Å². The third-order valence-corrected chi connectivity index (χ3v) is 4.21. The summed E-state index contributed by atoms with van der Waals surface area (Å²) in [7, 11) is 0. The molecule has 1 aromatic heterocycles. The average molecular weight is 306 g/mol. The molecule has 0 bridgehead atoms. The van der Waals surface area contributed by atoms with Crippen LogP contribution in [0.3, 0.4) is 0 Å². The van der Waals surface area contributed by atoms with Crippen molar-refractivity contribution in [3.63, 3.8) is 0 Å². The molecular weight excluding hydrogens is 288 g/mol. The lowest BCUT2D eigenvalue weighted by Crippen LogP contribution is -2.24. The van der Waals surface area contributed by atoms with E-state index in [1.807, 2.05) is 0 Å². The van der Waals surface area contributed by atoms with E-state index in [0.717, 1.165) is 12.8 Å². The van der Waals surface area contributed by atoms with Crippen LogP contribution < -0.4 is 10.9 Å². The van der Waals surface area contributed by atoms with Crippen molar-refractivity contribution in [3.05, 3.63) is 63.6 Å². The van der Waals surface area contributed by atoms with Gasteiger partial charge in [-0.1, -0.05) is 25.0 Å². The van der Waals surface area contributed by atoms with Gasteiger partial charge in [0, 0.05) is 17.8 Å². The first kappa shape index (κ1) is 15.0. The second-order valence-corrected chi connectivity index (χ2v) is 5.79. The summed E-state index contributed by atoms with van der Waals surface area (Å²) in [5.41, 5.74) is 1.90. The van der Waals surface area contributed by atoms with Gasteiger partial charge in [0.2, 0.25) is 0 Å². The van der Waals surface area contributed by atoms with E-state index in [1.54, 1.807) is 36.5 Å². The number of pyridine rings is 1. The zero-order chi connectivity index (χ0) is 16.2. The van der Waals surface area contributed by atoms with Gasteiger partial charge >= 0.3 is 0 Å². The Labute approximate surface area is 134 Å². The second kappa shape index (κ2) is 6.49. The van der Waals surface area contributed by atoms with Crippen molar-refractivity contribution in [2.24, 2.45) is 0 Å². The van der Waals surface area contributed by atoms with Crippen molar-refractivity contribution in [1.29, 1.82) is 10.7 Å². The number of anilines is 1. The van der Waals surface area contributed by atoms with Crippen LogP contribution in [0, 0.1) is 16.7 Å². The molecule has 1 heterocycles. The number of nitriles is 1. The Morgan fingerprint density at radius 3 is 2.83 bits per heavy atom. The summed E-state index contributed by atoms with van der Waals surface area (Å²) < 4.78 is 0. The molecule has 5 heteroatoms. The van der Waals surface area contributed by atoms with Gasteiger partial charge in [0.05, 0.1) is 28.6 Å². The summed E-state index contributed by atoms with van der Waals surface area (Å²) in [5, 5.41) is 20.8. The van der Waals surface area contributed by atoms with E-state index < -0.39 is 0 Å². The van der Waals surface area contributed by atoms with Crippen LogP contribution in [0.2, 0.25) is 0 Å². The fourth-order valence-corrected chi connectivity index (χ4v) is 3.03. The molecule has 5 nitrogen and oxygen atoms in total. The lowest BCUT2D eigenvalue weighted by Gasteiger charge is -2.17. The summed E-state index contributed by atoms with van der Waals surface area (Å²) in [4.78, 5) is 14.9. The van der Waals surface area contributed by atoms with E-state index in [-0.39, 0.29) is 11.3 Å². The zero-order valence-electron chi connectivity index (χ0n) is 12.7. The van der Waals surface area contributed by atoms with Gasteiger partial charge in [0.25, 0.3) is 5.56 Å². The summed E-state index contributed by atoms with van der Waals surface area (Å²) in [6.07, 6.45) is 6.16. The van der Waals surface area contributed by atoms with Crippen LogP contribution in [0.4, 0.5) is 5.69 Å². The Morgan fingerprint density at radius 1 is 1.30 bits per heavy atom. The molecule has 1 saturated carbocycles. The maximum absolute atomic E-state index is 12.3. The molecule has 0 unspecified atom stereocenters. The van der Waals surface area contributed by atoms with Crippen LogP contribution in [-0.2, 0) is 0 Å². The van der Waals surface area contributed by atoms with Crippen LogP contribution in [0.15, 0.2) is 41.3 Å². The van der Waals surface area contributed by atoms with E-state index in [4.69, 9.17) is 10.7 Å². The molecule has 0 amide bonds. The molecule has 0 spiro atoms. The standard InChI is InChI=1S/C18H18N4O/c19-11-12-4-3-5-13(10-12)17(20)16-15(8-9-21-18(16)23)22-14-6-1-2-7-14/h3-5,8-10,14,20H,1-2,6-7H2,(H2,21,22,23). The van der Waals surface area contributed by atoms with Gasteiger partial charge in [-0.3, -0.25) is 10.2 Å². The van der Waals surface area contributed by atoms with Gasteiger partial charge in [-0.25, -0.2) is 0 Å². The molecule has 2 aromatic rings. The highest BCUT2D eigenvalue weighted by molar-refractivity contribution is 6.13. The van der Waals surface area contributed by atoms with Crippen molar-refractivity contribution >= 4 is 11.4 Å². The predicted molar refractivity (Wildman–Crippen MR) is 90.0 cm³/mol.